The molecule has 0 unspecified atom stereocenters. The number of ether oxygens (including phenoxy) is 1. The van der Waals surface area contributed by atoms with Crippen molar-refractivity contribution in [2.45, 2.75) is 32.0 Å². The molecule has 1 N–H and O–H groups in total. The van der Waals surface area contributed by atoms with Crippen LogP contribution in [-0.4, -0.2) is 52.0 Å². The summed E-state index contributed by atoms with van der Waals surface area (Å²) in [6, 6.07) is 2.48. The quantitative estimate of drug-likeness (QED) is 0.595. The van der Waals surface area contributed by atoms with Crippen LogP contribution in [0.3, 0.4) is 0 Å². The van der Waals surface area contributed by atoms with Crippen molar-refractivity contribution >= 4 is 11.7 Å². The molecule has 0 bridgehead atoms. The first-order chi connectivity index (χ1) is 13.6. The van der Waals surface area contributed by atoms with Gasteiger partial charge in [0.05, 0.1) is 24.2 Å². The summed E-state index contributed by atoms with van der Waals surface area (Å²) in [4.78, 5) is 28.9. The lowest BCUT2D eigenvalue weighted by molar-refractivity contribution is -0.137. The molecule has 3 rings (SSSR count). The number of rotatable bonds is 5. The second kappa shape index (κ2) is 7.82. The lowest BCUT2D eigenvalue weighted by Gasteiger charge is -2.12. The van der Waals surface area contributed by atoms with E-state index in [0.29, 0.717) is 6.07 Å². The van der Waals surface area contributed by atoms with Gasteiger partial charge in [-0.05, 0) is 25.1 Å². The topological polar surface area (TPSA) is 92.9 Å². The largest absolute Gasteiger partial charge is 0.483 e. The van der Waals surface area contributed by atoms with Crippen LogP contribution in [0.5, 0.6) is 5.75 Å². The minimum atomic E-state index is -4.61. The average molecular weight is 416 g/mol. The Morgan fingerprint density at radius 3 is 2.66 bits per heavy atom. The summed E-state index contributed by atoms with van der Waals surface area (Å²) in [7, 11) is 0. The number of hydrogen-bond donors (Lipinski definition) is 1. The molecule has 29 heavy (non-hydrogen) atoms. The molecule has 1 aliphatic heterocycles. The molecule has 1 amide bonds. The smallest absolute Gasteiger partial charge is 0.416 e. The van der Waals surface area contributed by atoms with E-state index in [-0.39, 0.29) is 42.6 Å². The maximum absolute atomic E-state index is 13.4. The van der Waals surface area contributed by atoms with Crippen molar-refractivity contribution < 1.29 is 41.4 Å². The Bertz CT molecular complexity index is 917. The molecular formula is C18H16F4N2O5. The normalized spacial score (nSPS) is 19.4. The Morgan fingerprint density at radius 1 is 1.34 bits per heavy atom. The number of aliphatic hydroxyl groups is 1. The van der Waals surface area contributed by atoms with E-state index in [1.807, 2.05) is 0 Å². The molecule has 7 nitrogen and oxygen atoms in total. The highest BCUT2D eigenvalue weighted by molar-refractivity contribution is 5.97. The third-order valence-electron chi connectivity index (χ3n) is 4.32. The third-order valence-corrected chi connectivity index (χ3v) is 4.32. The molecule has 0 radical (unpaired) electrons. The first-order valence-corrected chi connectivity index (χ1v) is 8.47. The number of benzene rings is 1. The Balaban J connectivity index is 1.70. The highest BCUT2D eigenvalue weighted by atomic mass is 19.4. The van der Waals surface area contributed by atoms with Gasteiger partial charge in [0, 0.05) is 0 Å². The number of ketones is 1. The lowest BCUT2D eigenvalue weighted by Crippen LogP contribution is -2.29. The summed E-state index contributed by atoms with van der Waals surface area (Å²) >= 11 is 0. The molecule has 11 heteroatoms. The first kappa shape index (κ1) is 20.8. The summed E-state index contributed by atoms with van der Waals surface area (Å²) in [6.45, 7) is 0.304. The fraction of sp³-hybridized carbons (Fsp3) is 0.389. The number of hydrogen-bond acceptors (Lipinski definition) is 6. The standard InChI is InChI=1S/C18H16F4N2O5/c1-9(25)11-4-10(18(20,21)22)2-3-15(11)28-8-16-23-13(7-29-16)17(27)24-5-12(19)14(26)6-24/h2-4,7,12,14,26H,5-6,8H2,1H3/t12-,14-/m1/s1. The summed E-state index contributed by atoms with van der Waals surface area (Å²) < 4.78 is 62.2. The monoisotopic (exact) mass is 416 g/mol. The van der Waals surface area contributed by atoms with Crippen molar-refractivity contribution in [2.75, 3.05) is 13.1 Å². The fourth-order valence-corrected chi connectivity index (χ4v) is 2.80. The van der Waals surface area contributed by atoms with E-state index in [4.69, 9.17) is 9.15 Å². The van der Waals surface area contributed by atoms with E-state index in [1.165, 1.54) is 0 Å². The average Bonchev–Trinajstić information content (AvgIpc) is 3.25. The van der Waals surface area contributed by atoms with Crippen molar-refractivity contribution in [1.29, 1.82) is 0 Å². The highest BCUT2D eigenvalue weighted by Crippen LogP contribution is 2.33. The van der Waals surface area contributed by atoms with E-state index in [9.17, 15) is 32.3 Å². The predicted octanol–water partition coefficient (Wildman–Crippen LogP) is 2.63. The highest BCUT2D eigenvalue weighted by Gasteiger charge is 2.35. The molecule has 156 valence electrons. The van der Waals surface area contributed by atoms with Crippen LogP contribution in [-0.2, 0) is 12.8 Å². The Kier molecular flexibility index (Phi) is 5.60. The van der Waals surface area contributed by atoms with Crippen LogP contribution in [0.15, 0.2) is 28.9 Å². The van der Waals surface area contributed by atoms with Crippen molar-refractivity contribution in [3.63, 3.8) is 0 Å². The number of oxazole rings is 1. The third kappa shape index (κ3) is 4.56. The molecule has 1 aromatic carbocycles. The van der Waals surface area contributed by atoms with Gasteiger partial charge in [-0.2, -0.15) is 13.2 Å². The van der Waals surface area contributed by atoms with Gasteiger partial charge < -0.3 is 19.2 Å². The van der Waals surface area contributed by atoms with Gasteiger partial charge >= 0.3 is 6.18 Å². The van der Waals surface area contributed by atoms with E-state index in [1.54, 1.807) is 0 Å². The second-order valence-electron chi connectivity index (χ2n) is 6.47. The minimum Gasteiger partial charge on any atom is -0.483 e. The van der Waals surface area contributed by atoms with Crippen molar-refractivity contribution in [3.8, 4) is 5.75 Å². The van der Waals surface area contributed by atoms with Gasteiger partial charge in [-0.3, -0.25) is 9.59 Å². The van der Waals surface area contributed by atoms with Crippen LogP contribution in [0.4, 0.5) is 17.6 Å². The molecule has 2 aromatic rings. The molecule has 2 heterocycles. The lowest BCUT2D eigenvalue weighted by atomic mass is 10.1. The van der Waals surface area contributed by atoms with Crippen LogP contribution in [0.25, 0.3) is 0 Å². The number of alkyl halides is 4. The van der Waals surface area contributed by atoms with Gasteiger partial charge in [-0.15, -0.1) is 0 Å². The van der Waals surface area contributed by atoms with Crippen LogP contribution < -0.4 is 4.74 Å². The summed E-state index contributed by atoms with van der Waals surface area (Å²) in [6.07, 6.45) is -6.39. The molecule has 1 aromatic heterocycles. The SMILES string of the molecule is CC(=O)c1cc(C(F)(F)F)ccc1OCc1nc(C(=O)N2C[C@@H](O)[C@H](F)C2)co1. The van der Waals surface area contributed by atoms with Gasteiger partial charge in [0.15, 0.2) is 18.1 Å². The van der Waals surface area contributed by atoms with Gasteiger partial charge in [0.25, 0.3) is 5.91 Å². The molecule has 2 atom stereocenters. The zero-order chi connectivity index (χ0) is 21.3. The van der Waals surface area contributed by atoms with E-state index >= 15 is 0 Å². The number of aromatic nitrogens is 1. The van der Waals surface area contributed by atoms with Crippen LogP contribution in [0.1, 0.15) is 39.2 Å². The second-order valence-corrected chi connectivity index (χ2v) is 6.47. The van der Waals surface area contributed by atoms with E-state index in [0.717, 1.165) is 30.2 Å². The number of carbonyl (C=O) groups excluding carboxylic acids is 2. The van der Waals surface area contributed by atoms with Gasteiger partial charge in [-0.1, -0.05) is 0 Å². The van der Waals surface area contributed by atoms with Crippen LogP contribution >= 0.6 is 0 Å². The number of nitrogens with zero attached hydrogens (tertiary/aromatic N) is 2. The summed E-state index contributed by atoms with van der Waals surface area (Å²) in [5.74, 6) is -1.43. The molecule has 1 fully saturated rings. The number of carbonyl (C=O) groups is 2. The molecule has 0 saturated carbocycles. The number of amides is 1. The maximum Gasteiger partial charge on any atom is 0.416 e. The molecule has 0 aliphatic carbocycles. The van der Waals surface area contributed by atoms with Crippen LogP contribution in [0, 0.1) is 0 Å². The molecule has 0 spiro atoms. The fourth-order valence-electron chi connectivity index (χ4n) is 2.80. The summed E-state index contributed by atoms with van der Waals surface area (Å²) in [5.41, 5.74) is -1.38. The number of likely N-dealkylation sites (tertiary alicyclic amines) is 1. The number of aliphatic hydroxyl groups excluding tert-OH is 1. The van der Waals surface area contributed by atoms with Crippen molar-refractivity contribution in [2.24, 2.45) is 0 Å². The zero-order valence-corrected chi connectivity index (χ0v) is 15.1. The van der Waals surface area contributed by atoms with Gasteiger partial charge in [-0.25, -0.2) is 9.37 Å². The first-order valence-electron chi connectivity index (χ1n) is 8.47. The van der Waals surface area contributed by atoms with Crippen molar-refractivity contribution in [1.82, 2.24) is 9.88 Å². The number of halogens is 4. The maximum atomic E-state index is 13.4. The number of β-amino-alcohol motifs (C(OH)–C–C–N with tert-alkyl or cyclic N) is 1. The van der Waals surface area contributed by atoms with Gasteiger partial charge in [0.2, 0.25) is 5.89 Å². The van der Waals surface area contributed by atoms with Crippen LogP contribution in [0.2, 0.25) is 0 Å². The molecule has 1 saturated heterocycles. The van der Waals surface area contributed by atoms with Gasteiger partial charge in [0.1, 0.15) is 24.3 Å². The van der Waals surface area contributed by atoms with Crippen molar-refractivity contribution in [3.05, 3.63) is 47.2 Å². The minimum absolute atomic E-state index is 0.0701. The Hall–Kier alpha value is -2.95. The summed E-state index contributed by atoms with van der Waals surface area (Å²) in [5, 5.41) is 9.39. The predicted molar refractivity (Wildman–Crippen MR) is 89.1 cm³/mol. The Labute approximate surface area is 161 Å². The Morgan fingerprint density at radius 2 is 2.07 bits per heavy atom. The molecular weight excluding hydrogens is 400 g/mol. The van der Waals surface area contributed by atoms with E-state index in [2.05, 4.69) is 4.98 Å². The molecule has 1 aliphatic rings. The van der Waals surface area contributed by atoms with E-state index < -0.39 is 35.7 Å². The number of Topliss-reactive ketones (excluding diaryl/α,β-unsaturated/α-hetero) is 1. The zero-order valence-electron chi connectivity index (χ0n) is 15.1.